The van der Waals surface area contributed by atoms with E-state index in [2.05, 4.69) is 41.9 Å². The van der Waals surface area contributed by atoms with Crippen molar-refractivity contribution in [1.82, 2.24) is 10.2 Å². The molecule has 0 saturated carbocycles. The highest BCUT2D eigenvalue weighted by molar-refractivity contribution is 7.92. The molecule has 0 bridgehead atoms. The molecule has 6 nitrogen and oxygen atoms in total. The summed E-state index contributed by atoms with van der Waals surface area (Å²) in [6, 6.07) is 21.5. The van der Waals surface area contributed by atoms with E-state index in [0.717, 1.165) is 23.2 Å². The molecular formula is C26H31N3O3S. The number of carbonyl (C=O) groups excluding carboxylic acids is 1. The summed E-state index contributed by atoms with van der Waals surface area (Å²) >= 11 is 0. The number of nitrogens with one attached hydrogen (secondary N) is 2. The molecule has 0 aliphatic rings. The summed E-state index contributed by atoms with van der Waals surface area (Å²) in [5.74, 6) is -0.252. The van der Waals surface area contributed by atoms with Gasteiger partial charge in [0, 0.05) is 30.4 Å². The Morgan fingerprint density at radius 2 is 1.52 bits per heavy atom. The first-order valence-corrected chi connectivity index (χ1v) is 12.4. The number of anilines is 1. The fourth-order valence-electron chi connectivity index (χ4n) is 3.23. The molecule has 0 saturated heterocycles. The van der Waals surface area contributed by atoms with Crippen molar-refractivity contribution in [2.45, 2.75) is 44.8 Å². The van der Waals surface area contributed by atoms with E-state index in [9.17, 15) is 13.2 Å². The van der Waals surface area contributed by atoms with Crippen molar-refractivity contribution in [2.75, 3.05) is 11.8 Å². The van der Waals surface area contributed by atoms with Gasteiger partial charge in [0.15, 0.2) is 0 Å². The highest BCUT2D eigenvalue weighted by Gasteiger charge is 2.16. The molecule has 7 heteroatoms. The lowest BCUT2D eigenvalue weighted by molar-refractivity contribution is 0.0950. The maximum absolute atomic E-state index is 12.7. The largest absolute Gasteiger partial charge is 0.348 e. The Labute approximate surface area is 196 Å². The van der Waals surface area contributed by atoms with Gasteiger partial charge in [-0.05, 0) is 75.3 Å². The molecule has 33 heavy (non-hydrogen) atoms. The summed E-state index contributed by atoms with van der Waals surface area (Å²) in [5, 5.41) is 2.94. The number of benzene rings is 3. The molecule has 3 aromatic carbocycles. The monoisotopic (exact) mass is 465 g/mol. The molecular weight excluding hydrogens is 434 g/mol. The Hall–Kier alpha value is -3.16. The number of carbonyl (C=O) groups is 1. The molecule has 0 aliphatic carbocycles. The maximum Gasteiger partial charge on any atom is 0.261 e. The normalized spacial score (nSPS) is 11.6. The van der Waals surface area contributed by atoms with Crippen LogP contribution < -0.4 is 10.0 Å². The van der Waals surface area contributed by atoms with Crippen LogP contribution in [0.2, 0.25) is 0 Å². The first-order chi connectivity index (χ1) is 15.7. The fraction of sp³-hybridized carbons (Fsp3) is 0.269. The van der Waals surface area contributed by atoms with Crippen molar-refractivity contribution in [3.63, 3.8) is 0 Å². The zero-order valence-electron chi connectivity index (χ0n) is 19.5. The van der Waals surface area contributed by atoms with E-state index >= 15 is 0 Å². The number of hydrogen-bond acceptors (Lipinski definition) is 4. The average molecular weight is 466 g/mol. The van der Waals surface area contributed by atoms with E-state index < -0.39 is 10.0 Å². The number of sulfonamides is 1. The van der Waals surface area contributed by atoms with Gasteiger partial charge in [0.2, 0.25) is 0 Å². The minimum atomic E-state index is -3.73. The number of aryl methyl sites for hydroxylation is 1. The Morgan fingerprint density at radius 3 is 2.12 bits per heavy atom. The molecule has 0 fully saturated rings. The SMILES string of the molecule is Cc1ccc(NS(=O)(=O)c2ccc(C(=O)NCc3ccccc3CN(C)C(C)C)cc2)cc1. The Balaban J connectivity index is 1.65. The number of rotatable bonds is 9. The lowest BCUT2D eigenvalue weighted by Gasteiger charge is -2.22. The maximum atomic E-state index is 12.7. The third kappa shape index (κ3) is 6.66. The van der Waals surface area contributed by atoms with Gasteiger partial charge in [-0.2, -0.15) is 0 Å². The van der Waals surface area contributed by atoms with Crippen molar-refractivity contribution in [3.05, 3.63) is 95.1 Å². The molecule has 0 aliphatic heterocycles. The van der Waals surface area contributed by atoms with Crippen LogP contribution in [0.25, 0.3) is 0 Å². The predicted octanol–water partition coefficient (Wildman–Crippen LogP) is 4.57. The summed E-state index contributed by atoms with van der Waals surface area (Å²) in [5.41, 5.74) is 4.16. The molecule has 1 amide bonds. The number of hydrogen-bond donors (Lipinski definition) is 2. The summed E-state index contributed by atoms with van der Waals surface area (Å²) in [6.07, 6.45) is 0. The van der Waals surface area contributed by atoms with Crippen molar-refractivity contribution >= 4 is 21.6 Å². The average Bonchev–Trinajstić information content (AvgIpc) is 2.79. The molecule has 174 valence electrons. The van der Waals surface area contributed by atoms with Crippen LogP contribution in [0.15, 0.2) is 77.7 Å². The minimum Gasteiger partial charge on any atom is -0.348 e. The fourth-order valence-corrected chi connectivity index (χ4v) is 4.29. The Kier molecular flexibility index (Phi) is 7.89. The van der Waals surface area contributed by atoms with Crippen LogP contribution in [-0.2, 0) is 23.1 Å². The highest BCUT2D eigenvalue weighted by Crippen LogP contribution is 2.18. The van der Waals surface area contributed by atoms with Gasteiger partial charge in [0.05, 0.1) is 4.90 Å². The summed E-state index contributed by atoms with van der Waals surface area (Å²) in [4.78, 5) is 15.0. The van der Waals surface area contributed by atoms with Crippen LogP contribution in [0.3, 0.4) is 0 Å². The van der Waals surface area contributed by atoms with Crippen LogP contribution in [0.4, 0.5) is 5.69 Å². The second-order valence-corrected chi connectivity index (χ2v) is 10.1. The van der Waals surface area contributed by atoms with Gasteiger partial charge < -0.3 is 5.32 Å². The lowest BCUT2D eigenvalue weighted by Crippen LogP contribution is -2.27. The van der Waals surface area contributed by atoms with Crippen molar-refractivity contribution in [1.29, 1.82) is 0 Å². The van der Waals surface area contributed by atoms with Crippen LogP contribution in [0.5, 0.6) is 0 Å². The number of nitrogens with zero attached hydrogens (tertiary/aromatic N) is 1. The lowest BCUT2D eigenvalue weighted by atomic mass is 10.1. The van der Waals surface area contributed by atoms with Crippen LogP contribution in [-0.4, -0.2) is 32.3 Å². The minimum absolute atomic E-state index is 0.0988. The molecule has 0 spiro atoms. The topological polar surface area (TPSA) is 78.5 Å². The molecule has 0 heterocycles. The zero-order valence-corrected chi connectivity index (χ0v) is 20.3. The van der Waals surface area contributed by atoms with Gasteiger partial charge in [-0.25, -0.2) is 8.42 Å². The van der Waals surface area contributed by atoms with Gasteiger partial charge in [0.25, 0.3) is 15.9 Å². The van der Waals surface area contributed by atoms with Gasteiger partial charge in [-0.1, -0.05) is 42.0 Å². The van der Waals surface area contributed by atoms with E-state index in [1.165, 1.54) is 24.3 Å². The van der Waals surface area contributed by atoms with Gasteiger partial charge in [0.1, 0.15) is 0 Å². The highest BCUT2D eigenvalue weighted by atomic mass is 32.2. The van der Waals surface area contributed by atoms with Gasteiger partial charge in [-0.3, -0.25) is 14.4 Å². The molecule has 0 radical (unpaired) electrons. The first-order valence-electron chi connectivity index (χ1n) is 10.9. The molecule has 3 aromatic rings. The van der Waals surface area contributed by atoms with Crippen LogP contribution >= 0.6 is 0 Å². The molecule has 3 rings (SSSR count). The molecule has 2 N–H and O–H groups in total. The van der Waals surface area contributed by atoms with Gasteiger partial charge in [-0.15, -0.1) is 0 Å². The first kappa shape index (κ1) is 24.5. The molecule has 0 aromatic heterocycles. The Morgan fingerprint density at radius 1 is 0.909 bits per heavy atom. The van der Waals surface area contributed by atoms with Gasteiger partial charge >= 0.3 is 0 Å². The van der Waals surface area contributed by atoms with E-state index in [-0.39, 0.29) is 10.8 Å². The second kappa shape index (κ2) is 10.6. The molecule has 0 atom stereocenters. The summed E-state index contributed by atoms with van der Waals surface area (Å²) < 4.78 is 27.8. The van der Waals surface area contributed by atoms with Crippen molar-refractivity contribution in [3.8, 4) is 0 Å². The van der Waals surface area contributed by atoms with E-state index in [1.54, 1.807) is 12.1 Å². The number of amides is 1. The standard InChI is InChI=1S/C26H31N3O3S/c1-19(2)29(4)18-23-8-6-5-7-22(23)17-27-26(30)21-11-15-25(16-12-21)33(31,32)28-24-13-9-20(3)10-14-24/h5-16,19,28H,17-18H2,1-4H3,(H,27,30). The second-order valence-electron chi connectivity index (χ2n) is 8.46. The third-order valence-electron chi connectivity index (χ3n) is 5.59. The summed E-state index contributed by atoms with van der Waals surface area (Å²) in [7, 11) is -1.66. The molecule has 0 unspecified atom stereocenters. The predicted molar refractivity (Wildman–Crippen MR) is 133 cm³/mol. The van der Waals surface area contributed by atoms with Crippen molar-refractivity contribution < 1.29 is 13.2 Å². The Bertz CT molecular complexity index is 1190. The van der Waals surface area contributed by atoms with E-state index in [0.29, 0.717) is 23.8 Å². The van der Waals surface area contributed by atoms with Crippen LogP contribution in [0.1, 0.15) is 40.9 Å². The third-order valence-corrected chi connectivity index (χ3v) is 6.99. The summed E-state index contributed by atoms with van der Waals surface area (Å²) in [6.45, 7) is 7.42. The smallest absolute Gasteiger partial charge is 0.261 e. The van der Waals surface area contributed by atoms with Crippen LogP contribution in [0, 0.1) is 6.92 Å². The zero-order chi connectivity index (χ0) is 24.0. The quantitative estimate of drug-likeness (QED) is 0.485. The van der Waals surface area contributed by atoms with E-state index in [1.807, 2.05) is 37.3 Å². The van der Waals surface area contributed by atoms with Crippen molar-refractivity contribution in [2.24, 2.45) is 0 Å². The van der Waals surface area contributed by atoms with E-state index in [4.69, 9.17) is 0 Å².